The van der Waals surface area contributed by atoms with Gasteiger partial charge in [-0.3, -0.25) is 0 Å². The molecule has 0 saturated carbocycles. The number of nitrogens with one attached hydrogen (secondary N) is 1. The largest absolute Gasteiger partial charge is 0.389 e. The van der Waals surface area contributed by atoms with Crippen LogP contribution < -0.4 is 5.32 Å². The molecular weight excluding hydrogens is 315 g/mol. The molecular formula is C13H18BrFN2O2. The highest BCUT2D eigenvalue weighted by molar-refractivity contribution is 9.10. The van der Waals surface area contributed by atoms with Gasteiger partial charge in [-0.05, 0) is 37.6 Å². The first kappa shape index (κ1) is 15.9. The van der Waals surface area contributed by atoms with E-state index in [4.69, 9.17) is 0 Å². The molecule has 106 valence electrons. The van der Waals surface area contributed by atoms with Gasteiger partial charge in [0.1, 0.15) is 5.82 Å². The summed E-state index contributed by atoms with van der Waals surface area (Å²) in [5, 5.41) is 12.3. The Labute approximate surface area is 120 Å². The highest BCUT2D eigenvalue weighted by atomic mass is 79.9. The summed E-state index contributed by atoms with van der Waals surface area (Å²) in [7, 11) is 1.59. The third kappa shape index (κ3) is 6.02. The van der Waals surface area contributed by atoms with Crippen LogP contribution in [-0.4, -0.2) is 35.2 Å². The fourth-order valence-electron chi connectivity index (χ4n) is 1.68. The molecule has 0 fully saturated rings. The number of amides is 2. The Morgan fingerprint density at radius 3 is 2.63 bits per heavy atom. The van der Waals surface area contributed by atoms with Crippen LogP contribution in [0, 0.1) is 5.82 Å². The SMILES string of the molecule is CN(CC(C)(C)O)C(=O)NCc1cc(F)cc(Br)c1. The van der Waals surface area contributed by atoms with Gasteiger partial charge >= 0.3 is 6.03 Å². The van der Waals surface area contributed by atoms with Gasteiger partial charge in [0.2, 0.25) is 0 Å². The summed E-state index contributed by atoms with van der Waals surface area (Å²) < 4.78 is 13.8. The first-order chi connectivity index (χ1) is 8.67. The third-order valence-corrected chi connectivity index (χ3v) is 2.79. The van der Waals surface area contributed by atoms with Crippen LogP contribution in [-0.2, 0) is 6.54 Å². The van der Waals surface area contributed by atoms with Crippen molar-refractivity contribution in [1.29, 1.82) is 0 Å². The van der Waals surface area contributed by atoms with Crippen LogP contribution in [0.15, 0.2) is 22.7 Å². The molecule has 6 heteroatoms. The predicted octanol–water partition coefficient (Wildman–Crippen LogP) is 2.50. The van der Waals surface area contributed by atoms with Gasteiger partial charge in [-0.2, -0.15) is 0 Å². The molecule has 0 bridgehead atoms. The van der Waals surface area contributed by atoms with Crippen molar-refractivity contribution in [3.8, 4) is 0 Å². The van der Waals surface area contributed by atoms with Gasteiger partial charge in [-0.15, -0.1) is 0 Å². The zero-order valence-electron chi connectivity index (χ0n) is 11.2. The van der Waals surface area contributed by atoms with E-state index >= 15 is 0 Å². The minimum absolute atomic E-state index is 0.214. The number of urea groups is 1. The topological polar surface area (TPSA) is 52.6 Å². The molecule has 0 heterocycles. The van der Waals surface area contributed by atoms with Gasteiger partial charge in [0, 0.05) is 18.1 Å². The first-order valence-electron chi connectivity index (χ1n) is 5.84. The number of nitrogens with zero attached hydrogens (tertiary/aromatic N) is 1. The second kappa shape index (κ2) is 6.34. The molecule has 0 radical (unpaired) electrons. The second-order valence-corrected chi connectivity index (χ2v) is 6.02. The van der Waals surface area contributed by atoms with E-state index in [9.17, 15) is 14.3 Å². The van der Waals surface area contributed by atoms with Crippen LogP contribution in [0.4, 0.5) is 9.18 Å². The van der Waals surface area contributed by atoms with Crippen molar-refractivity contribution >= 4 is 22.0 Å². The van der Waals surface area contributed by atoms with E-state index in [0.29, 0.717) is 10.0 Å². The zero-order chi connectivity index (χ0) is 14.6. The van der Waals surface area contributed by atoms with Crippen molar-refractivity contribution in [2.24, 2.45) is 0 Å². The molecule has 0 aliphatic carbocycles. The summed E-state index contributed by atoms with van der Waals surface area (Å²) in [5.41, 5.74) is -0.287. The third-order valence-electron chi connectivity index (χ3n) is 2.34. The average molecular weight is 333 g/mol. The Bertz CT molecular complexity index is 440. The lowest BCUT2D eigenvalue weighted by Crippen LogP contribution is -2.44. The lowest BCUT2D eigenvalue weighted by molar-refractivity contribution is 0.0531. The predicted molar refractivity (Wildman–Crippen MR) is 75.3 cm³/mol. The van der Waals surface area contributed by atoms with E-state index in [1.165, 1.54) is 17.0 Å². The number of carbonyl (C=O) groups is 1. The normalized spacial score (nSPS) is 11.3. The van der Waals surface area contributed by atoms with E-state index in [1.54, 1.807) is 27.0 Å². The minimum atomic E-state index is -0.950. The number of likely N-dealkylation sites (N-methyl/N-ethyl adjacent to an activating group) is 1. The summed E-state index contributed by atoms with van der Waals surface area (Å²) in [6, 6.07) is 4.13. The van der Waals surface area contributed by atoms with E-state index in [-0.39, 0.29) is 24.9 Å². The molecule has 0 unspecified atom stereocenters. The standard InChI is InChI=1S/C13H18BrFN2O2/c1-13(2,19)8-17(3)12(18)16-7-9-4-10(14)6-11(15)5-9/h4-6,19H,7-8H2,1-3H3,(H,16,18). The Balaban J connectivity index is 2.54. The monoisotopic (exact) mass is 332 g/mol. The molecule has 0 aliphatic rings. The molecule has 1 aromatic carbocycles. The molecule has 1 aromatic rings. The van der Waals surface area contributed by atoms with Crippen molar-refractivity contribution in [1.82, 2.24) is 10.2 Å². The number of hydrogen-bond donors (Lipinski definition) is 2. The van der Waals surface area contributed by atoms with E-state index in [1.807, 2.05) is 0 Å². The smallest absolute Gasteiger partial charge is 0.317 e. The Kier molecular flexibility index (Phi) is 5.31. The summed E-state index contributed by atoms with van der Waals surface area (Å²) in [6.07, 6.45) is 0. The lowest BCUT2D eigenvalue weighted by Gasteiger charge is -2.25. The van der Waals surface area contributed by atoms with Crippen molar-refractivity contribution in [2.75, 3.05) is 13.6 Å². The Morgan fingerprint density at radius 2 is 2.11 bits per heavy atom. The number of carbonyl (C=O) groups excluding carboxylic acids is 1. The number of benzene rings is 1. The van der Waals surface area contributed by atoms with Gasteiger partial charge < -0.3 is 15.3 Å². The fraction of sp³-hybridized carbons (Fsp3) is 0.462. The van der Waals surface area contributed by atoms with Gasteiger partial charge in [0.25, 0.3) is 0 Å². The van der Waals surface area contributed by atoms with Gasteiger partial charge in [0.05, 0.1) is 12.1 Å². The summed E-state index contributed by atoms with van der Waals surface area (Å²) in [5.74, 6) is -0.358. The van der Waals surface area contributed by atoms with Crippen LogP contribution in [0.2, 0.25) is 0 Å². The summed E-state index contributed by atoms with van der Waals surface area (Å²) in [4.78, 5) is 13.1. The van der Waals surface area contributed by atoms with E-state index < -0.39 is 5.60 Å². The van der Waals surface area contributed by atoms with E-state index in [0.717, 1.165) is 0 Å². The lowest BCUT2D eigenvalue weighted by atomic mass is 10.1. The van der Waals surface area contributed by atoms with Crippen molar-refractivity contribution in [3.63, 3.8) is 0 Å². The highest BCUT2D eigenvalue weighted by Crippen LogP contribution is 2.14. The van der Waals surface area contributed by atoms with Crippen LogP contribution in [0.5, 0.6) is 0 Å². The quantitative estimate of drug-likeness (QED) is 0.890. The van der Waals surface area contributed by atoms with Crippen LogP contribution in [0.25, 0.3) is 0 Å². The van der Waals surface area contributed by atoms with Gasteiger partial charge in [-0.25, -0.2) is 9.18 Å². The van der Waals surface area contributed by atoms with Gasteiger partial charge in [-0.1, -0.05) is 15.9 Å². The molecule has 2 amide bonds. The van der Waals surface area contributed by atoms with Crippen LogP contribution in [0.3, 0.4) is 0 Å². The van der Waals surface area contributed by atoms with Crippen LogP contribution in [0.1, 0.15) is 19.4 Å². The number of rotatable bonds is 4. The maximum absolute atomic E-state index is 13.1. The minimum Gasteiger partial charge on any atom is -0.389 e. The average Bonchev–Trinajstić information content (AvgIpc) is 2.22. The zero-order valence-corrected chi connectivity index (χ0v) is 12.8. The fourth-order valence-corrected chi connectivity index (χ4v) is 2.19. The molecule has 0 saturated heterocycles. The molecule has 0 aromatic heterocycles. The maximum atomic E-state index is 13.1. The molecule has 2 N–H and O–H groups in total. The van der Waals surface area contributed by atoms with Crippen molar-refractivity contribution in [2.45, 2.75) is 26.0 Å². The number of hydrogen-bond acceptors (Lipinski definition) is 2. The number of aliphatic hydroxyl groups is 1. The molecule has 4 nitrogen and oxygen atoms in total. The highest BCUT2D eigenvalue weighted by Gasteiger charge is 2.19. The Hall–Kier alpha value is -1.14. The Morgan fingerprint density at radius 1 is 1.47 bits per heavy atom. The number of halogens is 2. The molecule has 1 rings (SSSR count). The van der Waals surface area contributed by atoms with Crippen molar-refractivity contribution < 1.29 is 14.3 Å². The molecule has 0 atom stereocenters. The summed E-state index contributed by atoms with van der Waals surface area (Å²) in [6.45, 7) is 3.69. The second-order valence-electron chi connectivity index (χ2n) is 5.10. The van der Waals surface area contributed by atoms with Gasteiger partial charge in [0.15, 0.2) is 0 Å². The maximum Gasteiger partial charge on any atom is 0.317 e. The van der Waals surface area contributed by atoms with Crippen LogP contribution >= 0.6 is 15.9 Å². The van der Waals surface area contributed by atoms with Crippen molar-refractivity contribution in [3.05, 3.63) is 34.1 Å². The summed E-state index contributed by atoms with van der Waals surface area (Å²) >= 11 is 3.19. The van der Waals surface area contributed by atoms with E-state index in [2.05, 4.69) is 21.2 Å². The first-order valence-corrected chi connectivity index (χ1v) is 6.63. The molecule has 19 heavy (non-hydrogen) atoms. The molecule has 0 aliphatic heterocycles. The molecule has 0 spiro atoms.